The van der Waals surface area contributed by atoms with Crippen LogP contribution in [0, 0.1) is 6.92 Å². The molecule has 148 valence electrons. The van der Waals surface area contributed by atoms with E-state index in [2.05, 4.69) is 30.1 Å². The Morgan fingerprint density at radius 2 is 1.86 bits per heavy atom. The maximum Gasteiger partial charge on any atom is 0.225 e. The highest BCUT2D eigenvalue weighted by Gasteiger charge is 2.18. The number of rotatable bonds is 6. The third-order valence-electron chi connectivity index (χ3n) is 5.14. The molecule has 0 saturated carbocycles. The first-order chi connectivity index (χ1) is 13.8. The van der Waals surface area contributed by atoms with Crippen molar-refractivity contribution in [2.75, 3.05) is 56.1 Å². The number of benzene rings is 1. The Bertz CT molecular complexity index is 799. The molecule has 0 spiro atoms. The number of hydrogen-bond acceptors (Lipinski definition) is 6. The topological polar surface area (TPSA) is 65.9 Å². The number of amidine groups is 1. The predicted molar refractivity (Wildman–Crippen MR) is 113 cm³/mol. The number of piperazine rings is 1. The van der Waals surface area contributed by atoms with Crippen LogP contribution in [0.2, 0.25) is 0 Å². The number of unbranched alkanes of at least 4 members (excludes halogenated alkanes) is 1. The molecule has 4 rings (SSSR count). The lowest BCUT2D eigenvalue weighted by molar-refractivity contribution is 0.252. The average Bonchev–Trinajstić information content (AvgIpc) is 2.74. The third kappa shape index (κ3) is 4.78. The van der Waals surface area contributed by atoms with Gasteiger partial charge >= 0.3 is 0 Å². The second kappa shape index (κ2) is 9.01. The molecule has 1 aromatic heterocycles. The Labute approximate surface area is 166 Å². The molecule has 0 aliphatic carbocycles. The molecule has 0 unspecified atom stereocenters. The summed E-state index contributed by atoms with van der Waals surface area (Å²) in [6.45, 7) is 8.63. The molecule has 3 heterocycles. The molecular formula is C21H28N6O. The van der Waals surface area contributed by atoms with Gasteiger partial charge in [0.15, 0.2) is 0 Å². The number of aliphatic imine (C=N–C) groups is 1. The Balaban J connectivity index is 1.14. The zero-order chi connectivity index (χ0) is 19.2. The fourth-order valence-electron chi connectivity index (χ4n) is 3.50. The number of nitrogens with one attached hydrogen (secondary N) is 1. The summed E-state index contributed by atoms with van der Waals surface area (Å²) in [6.07, 6.45) is 6.03. The van der Waals surface area contributed by atoms with E-state index in [1.807, 2.05) is 43.6 Å². The molecule has 0 amide bonds. The minimum absolute atomic E-state index is 0.528. The molecular weight excluding hydrogens is 352 g/mol. The van der Waals surface area contributed by atoms with Gasteiger partial charge in [0.2, 0.25) is 5.95 Å². The van der Waals surface area contributed by atoms with Crippen LogP contribution in [0.25, 0.3) is 0 Å². The van der Waals surface area contributed by atoms with Gasteiger partial charge < -0.3 is 15.0 Å². The smallest absolute Gasteiger partial charge is 0.225 e. The summed E-state index contributed by atoms with van der Waals surface area (Å²) in [7, 11) is 0. The first kappa shape index (κ1) is 18.7. The number of hydrogen-bond donors (Lipinski definition) is 1. The Hall–Kier alpha value is -2.67. The Morgan fingerprint density at radius 1 is 1.07 bits per heavy atom. The van der Waals surface area contributed by atoms with Gasteiger partial charge in [0.25, 0.3) is 0 Å². The summed E-state index contributed by atoms with van der Waals surface area (Å²) in [5, 5.41) is 3.36. The van der Waals surface area contributed by atoms with Crippen molar-refractivity contribution in [1.29, 1.82) is 0 Å². The Morgan fingerprint density at radius 3 is 2.68 bits per heavy atom. The summed E-state index contributed by atoms with van der Waals surface area (Å²) in [4.78, 5) is 18.3. The van der Waals surface area contributed by atoms with E-state index in [1.54, 1.807) is 0 Å². The van der Waals surface area contributed by atoms with Crippen LogP contribution in [0.1, 0.15) is 18.4 Å². The molecule has 0 bridgehead atoms. The molecule has 2 aliphatic heterocycles. The van der Waals surface area contributed by atoms with E-state index < -0.39 is 0 Å². The van der Waals surface area contributed by atoms with E-state index in [0.717, 1.165) is 80.9 Å². The summed E-state index contributed by atoms with van der Waals surface area (Å²) < 4.78 is 5.72. The molecule has 0 atom stereocenters. The standard InChI is InChI=1S/C21H28N6O/c1-17-14-23-21(24-15-17)27-12-10-26(11-13-27)9-5-4-8-22-20-16-28-19-7-3-2-6-18(19)25-20/h2-3,6-7,14-15H,4-5,8-13,16H2,1H3,(H,22,25). The highest BCUT2D eigenvalue weighted by Crippen LogP contribution is 2.26. The van der Waals surface area contributed by atoms with Gasteiger partial charge in [-0.25, -0.2) is 9.97 Å². The third-order valence-corrected chi connectivity index (χ3v) is 5.14. The zero-order valence-electron chi connectivity index (χ0n) is 16.5. The van der Waals surface area contributed by atoms with Crippen molar-refractivity contribution in [3.63, 3.8) is 0 Å². The Kier molecular flexibility index (Phi) is 6.01. The number of nitrogens with zero attached hydrogens (tertiary/aromatic N) is 5. The number of aromatic nitrogens is 2. The molecule has 2 aromatic rings. The summed E-state index contributed by atoms with van der Waals surface area (Å²) >= 11 is 0. The molecule has 0 radical (unpaired) electrons. The van der Waals surface area contributed by atoms with Gasteiger partial charge in [-0.3, -0.25) is 9.89 Å². The van der Waals surface area contributed by atoms with Crippen molar-refractivity contribution in [2.24, 2.45) is 4.99 Å². The van der Waals surface area contributed by atoms with Gasteiger partial charge in [-0.2, -0.15) is 0 Å². The number of anilines is 2. The second-order valence-electron chi connectivity index (χ2n) is 7.33. The van der Waals surface area contributed by atoms with E-state index in [1.165, 1.54) is 0 Å². The van der Waals surface area contributed by atoms with Gasteiger partial charge in [0, 0.05) is 45.1 Å². The van der Waals surface area contributed by atoms with E-state index in [0.29, 0.717) is 6.61 Å². The van der Waals surface area contributed by atoms with Gasteiger partial charge in [0.05, 0.1) is 5.69 Å². The maximum absolute atomic E-state index is 5.72. The predicted octanol–water partition coefficient (Wildman–Crippen LogP) is 2.59. The lowest BCUT2D eigenvalue weighted by Gasteiger charge is -2.34. The summed E-state index contributed by atoms with van der Waals surface area (Å²) in [5.74, 6) is 2.67. The summed E-state index contributed by atoms with van der Waals surface area (Å²) in [6, 6.07) is 7.98. The highest BCUT2D eigenvalue weighted by atomic mass is 16.5. The lowest BCUT2D eigenvalue weighted by Crippen LogP contribution is -2.47. The zero-order valence-corrected chi connectivity index (χ0v) is 16.5. The number of ether oxygens (including phenoxy) is 1. The molecule has 28 heavy (non-hydrogen) atoms. The van der Waals surface area contributed by atoms with Crippen molar-refractivity contribution in [1.82, 2.24) is 14.9 Å². The molecule has 1 fully saturated rings. The van der Waals surface area contributed by atoms with Crippen LogP contribution in [0.3, 0.4) is 0 Å². The van der Waals surface area contributed by atoms with Gasteiger partial charge in [0.1, 0.15) is 18.2 Å². The maximum atomic E-state index is 5.72. The average molecular weight is 380 g/mol. The van der Waals surface area contributed by atoms with Gasteiger partial charge in [-0.15, -0.1) is 0 Å². The van der Waals surface area contributed by atoms with Crippen LogP contribution in [-0.2, 0) is 0 Å². The lowest BCUT2D eigenvalue weighted by atomic mass is 10.2. The van der Waals surface area contributed by atoms with Crippen LogP contribution in [-0.4, -0.2) is 66.6 Å². The number of para-hydroxylation sites is 2. The van der Waals surface area contributed by atoms with Crippen LogP contribution < -0.4 is 15.0 Å². The fraction of sp³-hybridized carbons (Fsp3) is 0.476. The van der Waals surface area contributed by atoms with Crippen molar-refractivity contribution < 1.29 is 4.74 Å². The summed E-state index contributed by atoms with van der Waals surface area (Å²) in [5.41, 5.74) is 2.10. The molecule has 1 saturated heterocycles. The van der Waals surface area contributed by atoms with E-state index >= 15 is 0 Å². The monoisotopic (exact) mass is 380 g/mol. The molecule has 1 N–H and O–H groups in total. The van der Waals surface area contributed by atoms with Gasteiger partial charge in [-0.05, 0) is 44.0 Å². The molecule has 1 aromatic carbocycles. The first-order valence-electron chi connectivity index (χ1n) is 10.1. The second-order valence-corrected chi connectivity index (χ2v) is 7.33. The van der Waals surface area contributed by atoms with Crippen molar-refractivity contribution in [2.45, 2.75) is 19.8 Å². The quantitative estimate of drug-likeness (QED) is 0.777. The van der Waals surface area contributed by atoms with Crippen molar-refractivity contribution in [3.05, 3.63) is 42.2 Å². The highest BCUT2D eigenvalue weighted by molar-refractivity contribution is 5.99. The minimum atomic E-state index is 0.528. The largest absolute Gasteiger partial charge is 0.484 e. The minimum Gasteiger partial charge on any atom is -0.484 e. The fourth-order valence-corrected chi connectivity index (χ4v) is 3.50. The van der Waals surface area contributed by atoms with Crippen LogP contribution in [0.15, 0.2) is 41.7 Å². The molecule has 2 aliphatic rings. The van der Waals surface area contributed by atoms with Crippen molar-refractivity contribution in [3.8, 4) is 5.75 Å². The first-order valence-corrected chi connectivity index (χ1v) is 10.1. The number of aryl methyl sites for hydroxylation is 1. The SMILES string of the molecule is Cc1cnc(N2CCN(CCCCN=C3COc4ccccc4N3)CC2)nc1. The van der Waals surface area contributed by atoms with Crippen LogP contribution in [0.4, 0.5) is 11.6 Å². The van der Waals surface area contributed by atoms with Crippen molar-refractivity contribution >= 4 is 17.5 Å². The normalized spacial score (nSPS) is 18.5. The van der Waals surface area contributed by atoms with E-state index in [4.69, 9.17) is 4.74 Å². The van der Waals surface area contributed by atoms with E-state index in [9.17, 15) is 0 Å². The van der Waals surface area contributed by atoms with Gasteiger partial charge in [-0.1, -0.05) is 12.1 Å². The molecule has 7 heteroatoms. The molecule has 7 nitrogen and oxygen atoms in total. The number of fused-ring (bicyclic) bond motifs is 1. The van der Waals surface area contributed by atoms with Crippen LogP contribution in [0.5, 0.6) is 5.75 Å². The van der Waals surface area contributed by atoms with Crippen LogP contribution >= 0.6 is 0 Å². The van der Waals surface area contributed by atoms with E-state index in [-0.39, 0.29) is 0 Å².